The SMILES string of the molecule is C#C.C=C1C[C@@H](OC2CCCCO2)C[C@H]1OC=O.COC(=O)c1ccccc1. The largest absolute Gasteiger partial charge is 0.465 e. The van der Waals surface area contributed by atoms with Gasteiger partial charge in [0.15, 0.2) is 6.29 Å². The van der Waals surface area contributed by atoms with Crippen molar-refractivity contribution in [3.05, 3.63) is 48.0 Å². The van der Waals surface area contributed by atoms with E-state index < -0.39 is 0 Å². The first kappa shape index (κ1) is 23.4. The molecule has 1 aromatic carbocycles. The monoisotopic (exact) mass is 388 g/mol. The van der Waals surface area contributed by atoms with E-state index in [-0.39, 0.29) is 24.5 Å². The number of hydrogen-bond acceptors (Lipinski definition) is 6. The maximum absolute atomic E-state index is 10.8. The lowest BCUT2D eigenvalue weighted by atomic mass is 10.2. The van der Waals surface area contributed by atoms with Crippen LogP contribution >= 0.6 is 0 Å². The van der Waals surface area contributed by atoms with Gasteiger partial charge in [0.25, 0.3) is 6.47 Å². The summed E-state index contributed by atoms with van der Waals surface area (Å²) in [5.41, 5.74) is 1.53. The first-order valence-electron chi connectivity index (χ1n) is 9.14. The molecule has 152 valence electrons. The standard InChI is InChI=1S/C12H18O4.C8H8O2.C2H2/c1-9-6-10(7-11(9)15-8-13)16-12-4-2-3-5-14-12;1-10-8(9)7-5-3-2-4-6-7;1-2/h8,10-12H,1-7H2;2-6H,1H3;1-2H/t10-,11-,12?;;/m1../s1. The zero-order valence-corrected chi connectivity index (χ0v) is 16.3. The molecule has 1 aliphatic heterocycles. The van der Waals surface area contributed by atoms with Crippen molar-refractivity contribution in [2.75, 3.05) is 13.7 Å². The summed E-state index contributed by atoms with van der Waals surface area (Å²) < 4.78 is 20.8. The predicted molar refractivity (Wildman–Crippen MR) is 105 cm³/mol. The van der Waals surface area contributed by atoms with Gasteiger partial charge in [0, 0.05) is 13.0 Å². The summed E-state index contributed by atoms with van der Waals surface area (Å²) in [6.07, 6.45) is 12.5. The minimum absolute atomic E-state index is 0.0819. The highest BCUT2D eigenvalue weighted by Gasteiger charge is 2.32. The Hall–Kier alpha value is -2.62. The Balaban J connectivity index is 0.000000281. The van der Waals surface area contributed by atoms with Crippen LogP contribution in [0.5, 0.6) is 0 Å². The fraction of sp³-hybridized carbons (Fsp3) is 0.455. The van der Waals surface area contributed by atoms with E-state index in [1.807, 2.05) is 6.07 Å². The first-order chi connectivity index (χ1) is 13.6. The van der Waals surface area contributed by atoms with Gasteiger partial charge in [-0.15, -0.1) is 12.8 Å². The number of esters is 1. The lowest BCUT2D eigenvalue weighted by Crippen LogP contribution is -2.27. The summed E-state index contributed by atoms with van der Waals surface area (Å²) in [7, 11) is 1.37. The summed E-state index contributed by atoms with van der Waals surface area (Å²) in [5.74, 6) is -0.291. The minimum atomic E-state index is -0.291. The van der Waals surface area contributed by atoms with E-state index in [1.54, 1.807) is 24.3 Å². The highest BCUT2D eigenvalue weighted by molar-refractivity contribution is 5.89. The topological polar surface area (TPSA) is 71.1 Å². The summed E-state index contributed by atoms with van der Waals surface area (Å²) in [6.45, 7) is 5.16. The van der Waals surface area contributed by atoms with Crippen LogP contribution in [0.15, 0.2) is 42.5 Å². The average molecular weight is 388 g/mol. The van der Waals surface area contributed by atoms with E-state index in [0.29, 0.717) is 18.5 Å². The molecular formula is C22H28O6. The summed E-state index contributed by atoms with van der Waals surface area (Å²) in [6, 6.07) is 8.88. The van der Waals surface area contributed by atoms with Gasteiger partial charge in [-0.3, -0.25) is 4.79 Å². The van der Waals surface area contributed by atoms with E-state index in [4.69, 9.17) is 14.2 Å². The molecule has 1 heterocycles. The van der Waals surface area contributed by atoms with Gasteiger partial charge in [-0.2, -0.15) is 0 Å². The number of carbonyl (C=O) groups is 2. The Labute approximate surface area is 166 Å². The number of ether oxygens (including phenoxy) is 4. The second-order valence-electron chi connectivity index (χ2n) is 6.23. The molecule has 2 aliphatic rings. The Morgan fingerprint density at radius 3 is 2.54 bits per heavy atom. The van der Waals surface area contributed by atoms with Gasteiger partial charge in [0.1, 0.15) is 6.10 Å². The lowest BCUT2D eigenvalue weighted by molar-refractivity contribution is -0.187. The van der Waals surface area contributed by atoms with Crippen molar-refractivity contribution in [1.29, 1.82) is 0 Å². The van der Waals surface area contributed by atoms with Crippen molar-refractivity contribution in [3.63, 3.8) is 0 Å². The Bertz CT molecular complexity index is 618. The van der Waals surface area contributed by atoms with E-state index >= 15 is 0 Å². The molecule has 0 radical (unpaired) electrons. The lowest BCUT2D eigenvalue weighted by Gasteiger charge is -2.25. The molecule has 1 aliphatic carbocycles. The van der Waals surface area contributed by atoms with Gasteiger partial charge in [0.2, 0.25) is 0 Å². The Morgan fingerprint density at radius 1 is 1.25 bits per heavy atom. The van der Waals surface area contributed by atoms with Crippen LogP contribution in [0.4, 0.5) is 0 Å². The molecule has 0 bridgehead atoms. The molecule has 1 saturated carbocycles. The smallest absolute Gasteiger partial charge is 0.337 e. The molecule has 3 rings (SSSR count). The van der Waals surface area contributed by atoms with E-state index in [9.17, 15) is 9.59 Å². The number of hydrogen-bond donors (Lipinski definition) is 0. The molecule has 0 N–H and O–H groups in total. The molecule has 1 aromatic rings. The van der Waals surface area contributed by atoms with Crippen LogP contribution in [-0.4, -0.2) is 44.7 Å². The quantitative estimate of drug-likeness (QED) is 0.333. The van der Waals surface area contributed by atoms with Crippen molar-refractivity contribution < 1.29 is 28.5 Å². The van der Waals surface area contributed by atoms with Crippen LogP contribution in [0.1, 0.15) is 42.5 Å². The molecule has 28 heavy (non-hydrogen) atoms. The molecule has 0 amide bonds. The fourth-order valence-electron chi connectivity index (χ4n) is 2.96. The number of methoxy groups -OCH3 is 1. The Morgan fingerprint density at radius 2 is 1.96 bits per heavy atom. The zero-order valence-electron chi connectivity index (χ0n) is 16.3. The first-order valence-corrected chi connectivity index (χ1v) is 9.14. The van der Waals surface area contributed by atoms with E-state index in [1.165, 1.54) is 7.11 Å². The molecule has 6 heteroatoms. The Kier molecular flexibility index (Phi) is 11.3. The number of rotatable bonds is 5. The molecular weight excluding hydrogens is 360 g/mol. The minimum Gasteiger partial charge on any atom is -0.465 e. The van der Waals surface area contributed by atoms with Crippen LogP contribution in [0, 0.1) is 12.8 Å². The van der Waals surface area contributed by atoms with Crippen LogP contribution in [0.2, 0.25) is 0 Å². The molecule has 3 atom stereocenters. The van der Waals surface area contributed by atoms with Gasteiger partial charge in [-0.1, -0.05) is 24.8 Å². The predicted octanol–water partition coefficient (Wildman–Crippen LogP) is 3.51. The zero-order chi connectivity index (χ0) is 20.8. The summed E-state index contributed by atoms with van der Waals surface area (Å²) in [5, 5.41) is 0. The second-order valence-corrected chi connectivity index (χ2v) is 6.23. The normalized spacial score (nSPS) is 23.2. The van der Waals surface area contributed by atoms with Crippen molar-refractivity contribution in [2.24, 2.45) is 0 Å². The second kappa shape index (κ2) is 13.5. The third kappa shape index (κ3) is 7.95. The maximum Gasteiger partial charge on any atom is 0.337 e. The molecule has 6 nitrogen and oxygen atoms in total. The van der Waals surface area contributed by atoms with Crippen LogP contribution < -0.4 is 0 Å². The summed E-state index contributed by atoms with van der Waals surface area (Å²) >= 11 is 0. The molecule has 1 saturated heterocycles. The number of carbonyl (C=O) groups excluding carboxylic acids is 2. The third-order valence-corrected chi connectivity index (χ3v) is 4.32. The van der Waals surface area contributed by atoms with Gasteiger partial charge in [0.05, 0.1) is 18.8 Å². The highest BCUT2D eigenvalue weighted by atomic mass is 16.7. The van der Waals surface area contributed by atoms with Crippen LogP contribution in [-0.2, 0) is 23.7 Å². The maximum atomic E-state index is 10.8. The summed E-state index contributed by atoms with van der Waals surface area (Å²) in [4.78, 5) is 21.1. The van der Waals surface area contributed by atoms with Gasteiger partial charge in [-0.25, -0.2) is 4.79 Å². The fourth-order valence-corrected chi connectivity index (χ4v) is 2.96. The molecule has 2 fully saturated rings. The van der Waals surface area contributed by atoms with Gasteiger partial charge < -0.3 is 18.9 Å². The molecule has 0 spiro atoms. The van der Waals surface area contributed by atoms with E-state index in [0.717, 1.165) is 37.9 Å². The van der Waals surface area contributed by atoms with E-state index in [2.05, 4.69) is 24.2 Å². The van der Waals surface area contributed by atoms with Crippen LogP contribution in [0.3, 0.4) is 0 Å². The highest BCUT2D eigenvalue weighted by Crippen LogP contribution is 2.30. The van der Waals surface area contributed by atoms with Crippen LogP contribution in [0.25, 0.3) is 0 Å². The molecule has 1 unspecified atom stereocenters. The molecule has 0 aromatic heterocycles. The van der Waals surface area contributed by atoms with Gasteiger partial charge >= 0.3 is 5.97 Å². The number of terminal acetylenes is 1. The number of benzene rings is 1. The van der Waals surface area contributed by atoms with Crippen molar-refractivity contribution in [2.45, 2.75) is 50.6 Å². The average Bonchev–Trinajstić information content (AvgIpc) is 3.10. The van der Waals surface area contributed by atoms with Crippen molar-refractivity contribution in [1.82, 2.24) is 0 Å². The van der Waals surface area contributed by atoms with Crippen molar-refractivity contribution in [3.8, 4) is 12.8 Å². The van der Waals surface area contributed by atoms with Crippen molar-refractivity contribution >= 4 is 12.4 Å². The van der Waals surface area contributed by atoms with Gasteiger partial charge in [-0.05, 0) is 43.4 Å². The third-order valence-electron chi connectivity index (χ3n) is 4.32.